The molecule has 0 radical (unpaired) electrons. The molecule has 0 unspecified atom stereocenters. The van der Waals surface area contributed by atoms with E-state index in [4.69, 9.17) is 14.2 Å². The lowest BCUT2D eigenvalue weighted by Crippen LogP contribution is -2.65. The summed E-state index contributed by atoms with van der Waals surface area (Å²) in [5.74, 6) is 3.59. The first-order valence-corrected chi connectivity index (χ1v) is 19.6. The lowest BCUT2D eigenvalue weighted by atomic mass is 9.33. The average molecular weight is 667 g/mol. The molecule has 6 aliphatic carbocycles. The van der Waals surface area contributed by atoms with Gasteiger partial charge in [-0.2, -0.15) is 0 Å². The van der Waals surface area contributed by atoms with Crippen molar-refractivity contribution in [3.63, 3.8) is 0 Å². The molecule has 1 aromatic rings. The van der Waals surface area contributed by atoms with Gasteiger partial charge in [-0.1, -0.05) is 65.0 Å². The standard InChI is InChI=1S/C45H62O4/c1-27(2)31-13-12-28(3)44-17-16-29(4)45(44,25-31)49-37-30(5)32-14-15-35-41(8,33(32)24-34(37)48-44)21-23-43(10)36-26-40(7,38(46)47-11)19-18-39(36,6)20-22-42(35,43)9/h14-16,24,28,31,35-36H,1,12-13,17-23,25-26H2,2-11H3/t28-,31+,35+,36-,39+,40+,41-,42+,43-,44-,45-/m0/s1. The van der Waals surface area contributed by atoms with E-state index in [0.717, 1.165) is 62.9 Å². The number of rotatable bonds is 2. The molecule has 0 N–H and O–H groups in total. The molecule has 0 bridgehead atoms. The summed E-state index contributed by atoms with van der Waals surface area (Å²) in [6, 6.07) is 2.43. The summed E-state index contributed by atoms with van der Waals surface area (Å²) in [7, 11) is 1.57. The van der Waals surface area contributed by atoms with Crippen LogP contribution >= 0.6 is 0 Å². The van der Waals surface area contributed by atoms with E-state index in [1.807, 2.05) is 0 Å². The van der Waals surface area contributed by atoms with Crippen LogP contribution in [0.2, 0.25) is 0 Å². The summed E-state index contributed by atoms with van der Waals surface area (Å²) in [5.41, 5.74) is 5.86. The van der Waals surface area contributed by atoms with Gasteiger partial charge in [0.25, 0.3) is 0 Å². The molecule has 4 nitrogen and oxygen atoms in total. The highest BCUT2D eigenvalue weighted by Crippen LogP contribution is 2.75. The maximum Gasteiger partial charge on any atom is 0.311 e. The fourth-order valence-corrected chi connectivity index (χ4v) is 13.7. The van der Waals surface area contributed by atoms with Gasteiger partial charge in [-0.3, -0.25) is 4.79 Å². The minimum absolute atomic E-state index is 0.00822. The van der Waals surface area contributed by atoms with Crippen molar-refractivity contribution < 1.29 is 19.0 Å². The summed E-state index contributed by atoms with van der Waals surface area (Å²) in [4.78, 5) is 13.2. The molecule has 0 spiro atoms. The first-order chi connectivity index (χ1) is 22.9. The molecule has 1 aliphatic heterocycles. The van der Waals surface area contributed by atoms with Crippen LogP contribution in [-0.4, -0.2) is 24.3 Å². The van der Waals surface area contributed by atoms with Crippen molar-refractivity contribution >= 4 is 12.0 Å². The zero-order valence-electron chi connectivity index (χ0n) is 32.2. The summed E-state index contributed by atoms with van der Waals surface area (Å²) in [6.45, 7) is 26.1. The number of carbonyl (C=O) groups is 1. The molecule has 0 aromatic heterocycles. The normalized spacial score (nSPS) is 47.6. The van der Waals surface area contributed by atoms with Gasteiger partial charge in [0.15, 0.2) is 22.7 Å². The van der Waals surface area contributed by atoms with E-state index in [0.29, 0.717) is 23.7 Å². The van der Waals surface area contributed by atoms with Crippen LogP contribution in [0.1, 0.15) is 143 Å². The molecular formula is C45H62O4. The van der Waals surface area contributed by atoms with Crippen molar-refractivity contribution in [1.82, 2.24) is 0 Å². The van der Waals surface area contributed by atoms with Crippen molar-refractivity contribution in [3.8, 4) is 11.5 Å². The zero-order chi connectivity index (χ0) is 35.2. The summed E-state index contributed by atoms with van der Waals surface area (Å²) >= 11 is 0. The van der Waals surface area contributed by atoms with Gasteiger partial charge in [0, 0.05) is 29.7 Å². The molecule has 4 heteroatoms. The summed E-state index contributed by atoms with van der Waals surface area (Å²) < 4.78 is 20.4. The average Bonchev–Trinajstić information content (AvgIpc) is 3.27. The Morgan fingerprint density at radius 1 is 0.939 bits per heavy atom. The number of hydrogen-bond donors (Lipinski definition) is 0. The summed E-state index contributed by atoms with van der Waals surface area (Å²) in [5, 5.41) is 0. The Morgan fingerprint density at radius 2 is 1.65 bits per heavy atom. The van der Waals surface area contributed by atoms with Crippen LogP contribution in [0.4, 0.5) is 0 Å². The van der Waals surface area contributed by atoms with E-state index in [-0.39, 0.29) is 27.6 Å². The van der Waals surface area contributed by atoms with E-state index in [1.54, 1.807) is 7.11 Å². The molecule has 4 saturated carbocycles. The van der Waals surface area contributed by atoms with Crippen LogP contribution in [0.5, 0.6) is 11.5 Å². The number of methoxy groups -OCH3 is 1. The second-order valence-electron chi connectivity index (χ2n) is 19.6. The van der Waals surface area contributed by atoms with Crippen molar-refractivity contribution in [2.75, 3.05) is 7.11 Å². The van der Waals surface area contributed by atoms with Crippen LogP contribution in [0.25, 0.3) is 6.08 Å². The molecule has 4 fully saturated rings. The van der Waals surface area contributed by atoms with Crippen LogP contribution in [-0.2, 0) is 14.9 Å². The number of allylic oxidation sites excluding steroid dienone is 2. The van der Waals surface area contributed by atoms with E-state index >= 15 is 0 Å². The Bertz CT molecular complexity index is 1700. The maximum absolute atomic E-state index is 13.2. The quantitative estimate of drug-likeness (QED) is 0.233. The van der Waals surface area contributed by atoms with E-state index in [2.05, 4.69) is 93.2 Å². The van der Waals surface area contributed by atoms with Crippen molar-refractivity contribution in [2.45, 2.75) is 150 Å². The van der Waals surface area contributed by atoms with Crippen LogP contribution in [0.3, 0.4) is 0 Å². The number of carbonyl (C=O) groups excluding carboxylic acids is 1. The molecule has 11 atom stereocenters. The third-order valence-corrected chi connectivity index (χ3v) is 17.4. The largest absolute Gasteiger partial charge is 0.478 e. The Labute approximate surface area is 296 Å². The summed E-state index contributed by atoms with van der Waals surface area (Å²) in [6.07, 6.45) is 19.3. The fourth-order valence-electron chi connectivity index (χ4n) is 13.7. The highest BCUT2D eigenvalue weighted by molar-refractivity contribution is 5.76. The number of esters is 1. The smallest absolute Gasteiger partial charge is 0.311 e. The van der Waals surface area contributed by atoms with Gasteiger partial charge in [0.2, 0.25) is 0 Å². The Hall–Kier alpha value is -2.49. The fraction of sp³-hybridized carbons (Fsp3) is 0.711. The zero-order valence-corrected chi connectivity index (χ0v) is 32.2. The molecule has 7 aliphatic rings. The van der Waals surface area contributed by atoms with Gasteiger partial charge in [0.05, 0.1) is 12.5 Å². The molecule has 1 aromatic carbocycles. The van der Waals surface area contributed by atoms with E-state index in [9.17, 15) is 4.79 Å². The molecule has 1 heterocycles. The van der Waals surface area contributed by atoms with Crippen LogP contribution < -0.4 is 9.47 Å². The van der Waals surface area contributed by atoms with Gasteiger partial charge in [-0.15, -0.1) is 0 Å². The third kappa shape index (κ3) is 4.01. The van der Waals surface area contributed by atoms with E-state index < -0.39 is 16.6 Å². The first kappa shape index (κ1) is 33.6. The highest BCUT2D eigenvalue weighted by Gasteiger charge is 2.69. The second-order valence-corrected chi connectivity index (χ2v) is 19.6. The van der Waals surface area contributed by atoms with Gasteiger partial charge < -0.3 is 14.2 Å². The molecule has 49 heavy (non-hydrogen) atoms. The second kappa shape index (κ2) is 10.3. The Morgan fingerprint density at radius 3 is 2.37 bits per heavy atom. The van der Waals surface area contributed by atoms with E-state index in [1.165, 1.54) is 47.1 Å². The number of fused-ring (bicyclic) bond motifs is 8. The minimum atomic E-state index is -0.461. The molecule has 266 valence electrons. The van der Waals surface area contributed by atoms with Gasteiger partial charge in [-0.25, -0.2) is 0 Å². The number of ether oxygens (including phenoxy) is 3. The topological polar surface area (TPSA) is 44.8 Å². The van der Waals surface area contributed by atoms with Crippen molar-refractivity contribution in [1.29, 1.82) is 0 Å². The lowest BCUT2D eigenvalue weighted by molar-refractivity contribution is -0.205. The Balaban J connectivity index is 1.21. The predicted molar refractivity (Wildman–Crippen MR) is 198 cm³/mol. The van der Waals surface area contributed by atoms with Crippen molar-refractivity contribution in [3.05, 3.63) is 52.6 Å². The minimum Gasteiger partial charge on any atom is -0.478 e. The van der Waals surface area contributed by atoms with Crippen LogP contribution in [0.15, 0.2) is 35.9 Å². The predicted octanol–water partition coefficient (Wildman–Crippen LogP) is 11.1. The lowest BCUT2D eigenvalue weighted by Gasteiger charge is -2.71. The van der Waals surface area contributed by atoms with Crippen LogP contribution in [0, 0.1) is 52.3 Å². The molecule has 8 rings (SSSR count). The Kier molecular flexibility index (Phi) is 7.08. The van der Waals surface area contributed by atoms with Gasteiger partial charge >= 0.3 is 5.97 Å². The van der Waals surface area contributed by atoms with Crippen molar-refractivity contribution in [2.24, 2.45) is 45.3 Å². The highest BCUT2D eigenvalue weighted by atomic mass is 16.6. The molecule has 0 saturated heterocycles. The molecular weight excluding hydrogens is 604 g/mol. The third-order valence-electron chi connectivity index (χ3n) is 17.4. The van der Waals surface area contributed by atoms with Gasteiger partial charge in [-0.05, 0) is 142 Å². The first-order valence-electron chi connectivity index (χ1n) is 19.6. The molecule has 0 amide bonds. The van der Waals surface area contributed by atoms with Gasteiger partial charge in [0.1, 0.15) is 0 Å². The monoisotopic (exact) mass is 666 g/mol. The SMILES string of the molecule is C=C(C)[C@@H]1CC[C@H](C)[C@@]23CC=C(C)[C@]2(C1)Oc1c(cc2c(c1C)C=C[C@@H]1[C@@]2(C)CC[C@@]2(C)[C@H]4C[C@](C)(C(=O)OC)CC[C@]4(C)CC[C@]12C)O3. The number of hydrogen-bond acceptors (Lipinski definition) is 4. The number of benzene rings is 1. The maximum atomic E-state index is 13.2.